The second-order valence-corrected chi connectivity index (χ2v) is 5.79. The van der Waals surface area contributed by atoms with Gasteiger partial charge in [0.05, 0.1) is 15.7 Å². The van der Waals surface area contributed by atoms with E-state index < -0.39 is 0 Å². The summed E-state index contributed by atoms with van der Waals surface area (Å²) in [6, 6.07) is 4.45. The van der Waals surface area contributed by atoms with E-state index in [1.807, 2.05) is 5.51 Å². The van der Waals surface area contributed by atoms with Crippen LogP contribution in [0.4, 0.5) is 0 Å². The first-order valence-electron chi connectivity index (χ1n) is 5.39. The molecule has 0 fully saturated rings. The lowest BCUT2D eigenvalue weighted by molar-refractivity contribution is 0.588. The van der Waals surface area contributed by atoms with Crippen molar-refractivity contribution in [3.05, 3.63) is 28.8 Å². The van der Waals surface area contributed by atoms with Crippen molar-refractivity contribution in [3.63, 3.8) is 0 Å². The Kier molecular flexibility index (Phi) is 2.55. The van der Waals surface area contributed by atoms with Crippen LogP contribution in [0, 0.1) is 0 Å². The average Bonchev–Trinajstić information content (AvgIpc) is 2.61. The Balaban J connectivity index is 2.80. The first kappa shape index (κ1) is 10.6. The smallest absolute Gasteiger partial charge is 0.0852 e. The summed E-state index contributed by atoms with van der Waals surface area (Å²) in [6.07, 6.45) is 1.08. The zero-order chi connectivity index (χ0) is 11.1. The topological polar surface area (TPSA) is 12.9 Å². The van der Waals surface area contributed by atoms with Crippen molar-refractivity contribution < 1.29 is 0 Å². The van der Waals surface area contributed by atoms with Crippen molar-refractivity contribution in [3.8, 4) is 0 Å². The Hall–Kier alpha value is -0.890. The molecular weight excluding hydrogens is 202 g/mol. The number of rotatable bonds is 1. The quantitative estimate of drug-likeness (QED) is 0.702. The summed E-state index contributed by atoms with van der Waals surface area (Å²) in [5.74, 6) is 0. The number of aromatic nitrogens is 1. The highest BCUT2D eigenvalue weighted by Crippen LogP contribution is 2.34. The molecular formula is C13H17NS. The molecule has 0 amide bonds. The molecule has 80 valence electrons. The largest absolute Gasteiger partial charge is 0.244 e. The van der Waals surface area contributed by atoms with Gasteiger partial charge in [0.2, 0.25) is 0 Å². The van der Waals surface area contributed by atoms with Gasteiger partial charge in [-0.3, -0.25) is 0 Å². The van der Waals surface area contributed by atoms with Gasteiger partial charge in [0.1, 0.15) is 0 Å². The number of thiazole rings is 1. The summed E-state index contributed by atoms with van der Waals surface area (Å²) in [7, 11) is 0. The third-order valence-electron chi connectivity index (χ3n) is 2.72. The lowest BCUT2D eigenvalue weighted by Gasteiger charge is -2.23. The first-order valence-corrected chi connectivity index (χ1v) is 6.27. The van der Waals surface area contributed by atoms with E-state index in [9.17, 15) is 0 Å². The molecule has 0 unspecified atom stereocenters. The molecule has 0 saturated heterocycles. The van der Waals surface area contributed by atoms with Gasteiger partial charge in [-0.15, -0.1) is 11.3 Å². The molecule has 15 heavy (non-hydrogen) atoms. The van der Waals surface area contributed by atoms with Crippen molar-refractivity contribution in [2.45, 2.75) is 39.5 Å². The minimum absolute atomic E-state index is 0.179. The molecule has 0 aliphatic carbocycles. The van der Waals surface area contributed by atoms with E-state index in [1.165, 1.54) is 21.3 Å². The summed E-state index contributed by atoms with van der Waals surface area (Å²) >= 11 is 1.73. The normalized spacial score (nSPS) is 12.3. The van der Waals surface area contributed by atoms with Crippen LogP contribution in [-0.2, 0) is 11.8 Å². The van der Waals surface area contributed by atoms with Crippen LogP contribution < -0.4 is 0 Å². The predicted molar refractivity (Wildman–Crippen MR) is 67.7 cm³/mol. The SMILES string of the molecule is CCc1ccc2scnc2c1C(C)(C)C. The number of benzene rings is 1. The highest BCUT2D eigenvalue weighted by Gasteiger charge is 2.21. The molecule has 0 atom stereocenters. The number of aryl methyl sites for hydroxylation is 1. The first-order chi connectivity index (χ1) is 7.04. The Morgan fingerprint density at radius 2 is 2.00 bits per heavy atom. The number of hydrogen-bond donors (Lipinski definition) is 0. The van der Waals surface area contributed by atoms with Gasteiger partial charge in [-0.05, 0) is 29.0 Å². The Morgan fingerprint density at radius 1 is 1.27 bits per heavy atom. The number of nitrogens with zero attached hydrogens (tertiary/aromatic N) is 1. The summed E-state index contributed by atoms with van der Waals surface area (Å²) in [4.78, 5) is 4.51. The van der Waals surface area contributed by atoms with Gasteiger partial charge in [0, 0.05) is 0 Å². The lowest BCUT2D eigenvalue weighted by Crippen LogP contribution is -2.14. The van der Waals surface area contributed by atoms with E-state index in [0.29, 0.717) is 0 Å². The van der Waals surface area contributed by atoms with Crippen LogP contribution in [-0.4, -0.2) is 4.98 Å². The zero-order valence-electron chi connectivity index (χ0n) is 9.79. The van der Waals surface area contributed by atoms with Gasteiger partial charge in [0.25, 0.3) is 0 Å². The minimum Gasteiger partial charge on any atom is -0.244 e. The average molecular weight is 219 g/mol. The minimum atomic E-state index is 0.179. The highest BCUT2D eigenvalue weighted by atomic mass is 32.1. The van der Waals surface area contributed by atoms with Gasteiger partial charge in [-0.1, -0.05) is 33.8 Å². The molecule has 0 spiro atoms. The van der Waals surface area contributed by atoms with Gasteiger partial charge in [-0.2, -0.15) is 0 Å². The maximum absolute atomic E-state index is 4.51. The van der Waals surface area contributed by atoms with Gasteiger partial charge in [0.15, 0.2) is 0 Å². The Labute approximate surface area is 95.2 Å². The van der Waals surface area contributed by atoms with Crippen molar-refractivity contribution in [2.75, 3.05) is 0 Å². The number of fused-ring (bicyclic) bond motifs is 1. The fourth-order valence-corrected chi connectivity index (χ4v) is 2.79. The van der Waals surface area contributed by atoms with Gasteiger partial charge >= 0.3 is 0 Å². The van der Waals surface area contributed by atoms with E-state index in [0.717, 1.165) is 6.42 Å². The van der Waals surface area contributed by atoms with Gasteiger partial charge < -0.3 is 0 Å². The molecule has 0 N–H and O–H groups in total. The van der Waals surface area contributed by atoms with Crippen LogP contribution >= 0.6 is 11.3 Å². The molecule has 1 aromatic heterocycles. The van der Waals surface area contributed by atoms with E-state index in [-0.39, 0.29) is 5.41 Å². The van der Waals surface area contributed by atoms with Crippen molar-refractivity contribution in [1.82, 2.24) is 4.98 Å². The Morgan fingerprint density at radius 3 is 2.60 bits per heavy atom. The summed E-state index contributed by atoms with van der Waals surface area (Å²) in [6.45, 7) is 9.00. The maximum atomic E-state index is 4.51. The molecule has 0 aliphatic heterocycles. The van der Waals surface area contributed by atoms with Crippen LogP contribution in [0.3, 0.4) is 0 Å². The Bertz CT molecular complexity index is 477. The molecule has 1 heterocycles. The van der Waals surface area contributed by atoms with Crippen molar-refractivity contribution in [1.29, 1.82) is 0 Å². The van der Waals surface area contributed by atoms with E-state index in [2.05, 4.69) is 44.8 Å². The van der Waals surface area contributed by atoms with Crippen molar-refractivity contribution in [2.24, 2.45) is 0 Å². The van der Waals surface area contributed by atoms with E-state index in [1.54, 1.807) is 11.3 Å². The molecule has 0 radical (unpaired) electrons. The van der Waals surface area contributed by atoms with Crippen LogP contribution in [0.1, 0.15) is 38.8 Å². The predicted octanol–water partition coefficient (Wildman–Crippen LogP) is 4.16. The fourth-order valence-electron chi connectivity index (χ4n) is 2.10. The van der Waals surface area contributed by atoms with E-state index >= 15 is 0 Å². The van der Waals surface area contributed by atoms with Gasteiger partial charge in [-0.25, -0.2) is 4.98 Å². The highest BCUT2D eigenvalue weighted by molar-refractivity contribution is 7.16. The molecule has 0 bridgehead atoms. The summed E-state index contributed by atoms with van der Waals surface area (Å²) < 4.78 is 1.30. The van der Waals surface area contributed by atoms with Crippen LogP contribution in [0.15, 0.2) is 17.6 Å². The number of hydrogen-bond acceptors (Lipinski definition) is 2. The molecule has 2 aromatic rings. The standard InChI is InChI=1S/C13H17NS/c1-5-9-6-7-10-12(14-8-15-10)11(9)13(2,3)4/h6-8H,5H2,1-4H3. The summed E-state index contributed by atoms with van der Waals surface area (Å²) in [5.41, 5.74) is 6.18. The maximum Gasteiger partial charge on any atom is 0.0852 e. The van der Waals surface area contributed by atoms with Crippen LogP contribution in [0.25, 0.3) is 10.2 Å². The lowest BCUT2D eigenvalue weighted by atomic mass is 9.82. The third kappa shape index (κ3) is 1.78. The molecule has 0 saturated carbocycles. The van der Waals surface area contributed by atoms with E-state index in [4.69, 9.17) is 0 Å². The third-order valence-corrected chi connectivity index (χ3v) is 3.51. The second kappa shape index (κ2) is 3.60. The van der Waals surface area contributed by atoms with Crippen LogP contribution in [0.5, 0.6) is 0 Å². The molecule has 2 rings (SSSR count). The monoisotopic (exact) mass is 219 g/mol. The van der Waals surface area contributed by atoms with Crippen LogP contribution in [0.2, 0.25) is 0 Å². The summed E-state index contributed by atoms with van der Waals surface area (Å²) in [5, 5.41) is 0. The molecule has 1 aromatic carbocycles. The molecule has 1 nitrogen and oxygen atoms in total. The molecule has 2 heteroatoms. The second-order valence-electron chi connectivity index (χ2n) is 4.90. The molecule has 0 aliphatic rings. The van der Waals surface area contributed by atoms with Crippen molar-refractivity contribution >= 4 is 21.6 Å². The fraction of sp³-hybridized carbons (Fsp3) is 0.462. The zero-order valence-corrected chi connectivity index (χ0v) is 10.6.